The summed E-state index contributed by atoms with van der Waals surface area (Å²) in [6, 6.07) is 19.1. The van der Waals surface area contributed by atoms with Crippen molar-refractivity contribution in [2.45, 2.75) is 49.5 Å². The number of carbonyl (C=O) groups is 1. The van der Waals surface area contributed by atoms with E-state index in [1.807, 2.05) is 4.90 Å². The fourth-order valence-corrected chi connectivity index (χ4v) is 5.55. The van der Waals surface area contributed by atoms with Crippen LogP contribution >= 0.6 is 0 Å². The number of carbonyl (C=O) groups excluding carboxylic acids is 1. The SMILES string of the molecule is CCS(=O)(=O)c1ccc([C@H](CC#N)NC(=O)c2ccc(N3CC(Oc4ccccn4)C[C@H]3COC(F)F)cc2)cc1. The zero-order valence-corrected chi connectivity index (χ0v) is 23.1. The lowest BCUT2D eigenvalue weighted by molar-refractivity contribution is -0.131. The van der Waals surface area contributed by atoms with E-state index in [4.69, 9.17) is 4.74 Å². The first-order valence-corrected chi connectivity index (χ1v) is 14.7. The predicted octanol–water partition coefficient (Wildman–Crippen LogP) is 4.53. The molecule has 0 radical (unpaired) electrons. The summed E-state index contributed by atoms with van der Waals surface area (Å²) in [5.74, 6) is -0.0124. The lowest BCUT2D eigenvalue weighted by Crippen LogP contribution is -2.34. The second-order valence-electron chi connectivity index (χ2n) is 9.45. The van der Waals surface area contributed by atoms with Gasteiger partial charge in [0.1, 0.15) is 6.10 Å². The number of amides is 1. The van der Waals surface area contributed by atoms with Gasteiger partial charge in [-0.25, -0.2) is 13.4 Å². The van der Waals surface area contributed by atoms with E-state index < -0.39 is 28.4 Å². The number of alkyl halides is 2. The van der Waals surface area contributed by atoms with Crippen LogP contribution < -0.4 is 15.0 Å². The van der Waals surface area contributed by atoms with Crippen LogP contribution in [-0.2, 0) is 14.6 Å². The standard InChI is InChI=1S/C29H30F2N4O5S/c1-2-41(37,38)25-12-8-20(9-13-25)26(14-15-32)34-28(36)21-6-10-22(11-7-21)35-18-24(17-23(35)19-39-29(30)31)40-27-5-3-4-16-33-27/h3-13,16,23-24,26,29H,2,14,17-19H2,1H3,(H,34,36)/t23-,24?,26-/m0/s1. The van der Waals surface area contributed by atoms with Crippen LogP contribution in [-0.4, -0.2) is 57.0 Å². The molecule has 1 unspecified atom stereocenters. The molecule has 0 spiro atoms. The molecule has 1 fully saturated rings. The number of sulfone groups is 1. The molecule has 3 aromatic rings. The number of ether oxygens (including phenoxy) is 2. The summed E-state index contributed by atoms with van der Waals surface area (Å²) >= 11 is 0. The summed E-state index contributed by atoms with van der Waals surface area (Å²) < 4.78 is 60.4. The van der Waals surface area contributed by atoms with Crippen molar-refractivity contribution in [2.75, 3.05) is 23.8 Å². The van der Waals surface area contributed by atoms with Gasteiger partial charge in [0.15, 0.2) is 9.84 Å². The highest BCUT2D eigenvalue weighted by Crippen LogP contribution is 2.29. The lowest BCUT2D eigenvalue weighted by Gasteiger charge is -2.26. The minimum atomic E-state index is -3.37. The number of hydrogen-bond donors (Lipinski definition) is 1. The first-order valence-electron chi connectivity index (χ1n) is 13.0. The van der Waals surface area contributed by atoms with Crippen molar-refractivity contribution in [3.63, 3.8) is 0 Å². The van der Waals surface area contributed by atoms with Crippen molar-refractivity contribution >= 4 is 21.4 Å². The Bertz CT molecular complexity index is 1450. The van der Waals surface area contributed by atoms with Gasteiger partial charge < -0.3 is 19.7 Å². The summed E-state index contributed by atoms with van der Waals surface area (Å²) in [4.78, 5) is 19.3. The van der Waals surface area contributed by atoms with Gasteiger partial charge >= 0.3 is 6.61 Å². The first-order chi connectivity index (χ1) is 19.7. The third-order valence-corrected chi connectivity index (χ3v) is 8.55. The number of nitrogens with zero attached hydrogens (tertiary/aromatic N) is 3. The van der Waals surface area contributed by atoms with Crippen LogP contribution in [0.5, 0.6) is 5.88 Å². The Balaban J connectivity index is 1.46. The highest BCUT2D eigenvalue weighted by molar-refractivity contribution is 7.91. The maximum Gasteiger partial charge on any atom is 0.345 e. The topological polar surface area (TPSA) is 122 Å². The van der Waals surface area contributed by atoms with Crippen molar-refractivity contribution in [1.82, 2.24) is 10.3 Å². The number of halogens is 2. The Morgan fingerprint density at radius 3 is 2.49 bits per heavy atom. The maximum atomic E-state index is 13.0. The monoisotopic (exact) mass is 584 g/mol. The minimum Gasteiger partial charge on any atom is -0.472 e. The summed E-state index contributed by atoms with van der Waals surface area (Å²) in [5.41, 5.74) is 1.64. The molecule has 1 aromatic heterocycles. The molecule has 2 aromatic carbocycles. The molecule has 0 saturated carbocycles. The van der Waals surface area contributed by atoms with Crippen LogP contribution in [0.25, 0.3) is 0 Å². The van der Waals surface area contributed by atoms with Gasteiger partial charge in [0.25, 0.3) is 5.91 Å². The largest absolute Gasteiger partial charge is 0.472 e. The number of hydrogen-bond acceptors (Lipinski definition) is 8. The van der Waals surface area contributed by atoms with Crippen molar-refractivity contribution in [2.24, 2.45) is 0 Å². The second-order valence-corrected chi connectivity index (χ2v) is 11.7. The fourth-order valence-electron chi connectivity index (χ4n) is 4.67. The molecule has 0 bridgehead atoms. The zero-order chi connectivity index (χ0) is 29.4. The average Bonchev–Trinajstić information content (AvgIpc) is 3.38. The number of pyridine rings is 1. The molecule has 41 heavy (non-hydrogen) atoms. The van der Waals surface area contributed by atoms with Crippen molar-refractivity contribution in [1.29, 1.82) is 5.26 Å². The van der Waals surface area contributed by atoms with Gasteiger partial charge in [-0.05, 0) is 48.0 Å². The highest BCUT2D eigenvalue weighted by atomic mass is 32.2. The van der Waals surface area contributed by atoms with Crippen LogP contribution in [0.2, 0.25) is 0 Å². The minimum absolute atomic E-state index is 0.0129. The van der Waals surface area contributed by atoms with Gasteiger partial charge in [0.2, 0.25) is 5.88 Å². The summed E-state index contributed by atoms with van der Waals surface area (Å²) in [5, 5.41) is 12.1. The van der Waals surface area contributed by atoms with Gasteiger partial charge in [-0.15, -0.1) is 0 Å². The molecule has 1 saturated heterocycles. The lowest BCUT2D eigenvalue weighted by atomic mass is 10.0. The number of anilines is 1. The molecule has 4 rings (SSSR count). The smallest absolute Gasteiger partial charge is 0.345 e. The third-order valence-electron chi connectivity index (χ3n) is 6.80. The van der Waals surface area contributed by atoms with Crippen LogP contribution in [0.3, 0.4) is 0 Å². The van der Waals surface area contributed by atoms with E-state index >= 15 is 0 Å². The number of rotatable bonds is 12. The van der Waals surface area contributed by atoms with Gasteiger partial charge in [-0.2, -0.15) is 14.0 Å². The van der Waals surface area contributed by atoms with Gasteiger partial charge in [-0.1, -0.05) is 25.1 Å². The van der Waals surface area contributed by atoms with E-state index in [0.29, 0.717) is 35.7 Å². The fraction of sp³-hybridized carbons (Fsp3) is 0.345. The highest BCUT2D eigenvalue weighted by Gasteiger charge is 2.34. The predicted molar refractivity (Wildman–Crippen MR) is 147 cm³/mol. The molecule has 1 aliphatic rings. The van der Waals surface area contributed by atoms with Crippen LogP contribution in [0.15, 0.2) is 77.8 Å². The Labute approximate surface area is 237 Å². The maximum absolute atomic E-state index is 13.0. The number of nitriles is 1. The average molecular weight is 585 g/mol. The van der Waals surface area contributed by atoms with E-state index in [2.05, 4.69) is 21.1 Å². The van der Waals surface area contributed by atoms with E-state index in [-0.39, 0.29) is 35.8 Å². The Kier molecular flexibility index (Phi) is 9.86. The summed E-state index contributed by atoms with van der Waals surface area (Å²) in [7, 11) is -3.37. The molecule has 3 atom stereocenters. The van der Waals surface area contributed by atoms with Crippen molar-refractivity contribution in [3.05, 3.63) is 84.1 Å². The summed E-state index contributed by atoms with van der Waals surface area (Å²) in [6.07, 6.45) is 1.74. The zero-order valence-electron chi connectivity index (χ0n) is 22.3. The molecular weight excluding hydrogens is 554 g/mol. The van der Waals surface area contributed by atoms with Crippen LogP contribution in [0.4, 0.5) is 14.5 Å². The first kappa shape index (κ1) is 29.9. The third kappa shape index (κ3) is 7.77. The van der Waals surface area contributed by atoms with Gasteiger partial charge in [0, 0.05) is 29.9 Å². The molecule has 12 heteroatoms. The summed E-state index contributed by atoms with van der Waals surface area (Å²) in [6.45, 7) is -1.13. The number of benzene rings is 2. The van der Waals surface area contributed by atoms with E-state index in [1.165, 1.54) is 12.1 Å². The Morgan fingerprint density at radius 2 is 1.88 bits per heavy atom. The molecule has 1 aliphatic heterocycles. The molecule has 0 aliphatic carbocycles. The van der Waals surface area contributed by atoms with Gasteiger partial charge in [0.05, 0.1) is 48.4 Å². The number of nitrogens with one attached hydrogen (secondary N) is 1. The van der Waals surface area contributed by atoms with E-state index in [1.54, 1.807) is 67.7 Å². The molecule has 1 amide bonds. The van der Waals surface area contributed by atoms with E-state index in [0.717, 1.165) is 0 Å². The molecular formula is C29H30F2N4O5S. The normalized spacial score (nSPS) is 17.7. The molecule has 2 heterocycles. The number of aromatic nitrogens is 1. The molecule has 9 nitrogen and oxygen atoms in total. The van der Waals surface area contributed by atoms with Crippen molar-refractivity contribution in [3.8, 4) is 11.9 Å². The Hall–Kier alpha value is -4.08. The van der Waals surface area contributed by atoms with Gasteiger partial charge in [-0.3, -0.25) is 4.79 Å². The van der Waals surface area contributed by atoms with Crippen molar-refractivity contribution < 1.29 is 31.5 Å². The van der Waals surface area contributed by atoms with Crippen LogP contribution in [0, 0.1) is 11.3 Å². The Morgan fingerprint density at radius 1 is 1.15 bits per heavy atom. The molecule has 216 valence electrons. The van der Waals surface area contributed by atoms with E-state index in [9.17, 15) is 27.3 Å². The quantitative estimate of drug-likeness (QED) is 0.330. The van der Waals surface area contributed by atoms with Crippen LogP contribution in [0.1, 0.15) is 41.7 Å². The molecule has 1 N–H and O–H groups in total. The second kappa shape index (κ2) is 13.5.